The minimum absolute atomic E-state index is 0.0503. The summed E-state index contributed by atoms with van der Waals surface area (Å²) in [4.78, 5) is 22.9. The Hall–Kier alpha value is -1.49. The number of amides is 2. The molecule has 1 aromatic carbocycles. The van der Waals surface area contributed by atoms with Crippen molar-refractivity contribution < 1.29 is 9.59 Å². The molecule has 0 saturated heterocycles. The maximum atomic E-state index is 11.6. The first-order chi connectivity index (χ1) is 8.20. The third kappa shape index (κ3) is 2.79. The number of aryl methyl sites for hydroxylation is 1. The van der Waals surface area contributed by atoms with Gasteiger partial charge < -0.3 is 10.6 Å². The van der Waals surface area contributed by atoms with Crippen LogP contribution in [0.4, 0.5) is 0 Å². The van der Waals surface area contributed by atoms with Crippen molar-refractivity contribution in [2.24, 2.45) is 0 Å². The van der Waals surface area contributed by atoms with Gasteiger partial charge in [-0.05, 0) is 17.5 Å². The van der Waals surface area contributed by atoms with Gasteiger partial charge in [-0.25, -0.2) is 0 Å². The van der Waals surface area contributed by atoms with Crippen LogP contribution >= 0.6 is 12.6 Å². The average molecular weight is 250 g/mol. The van der Waals surface area contributed by atoms with E-state index in [1.807, 2.05) is 24.3 Å². The van der Waals surface area contributed by atoms with Crippen LogP contribution in [0.25, 0.3) is 0 Å². The number of benzene rings is 1. The highest BCUT2D eigenvalue weighted by Crippen LogP contribution is 2.20. The second kappa shape index (κ2) is 5.23. The lowest BCUT2D eigenvalue weighted by Crippen LogP contribution is -2.40. The maximum absolute atomic E-state index is 11.6. The van der Waals surface area contributed by atoms with Gasteiger partial charge in [-0.15, -0.1) is 0 Å². The van der Waals surface area contributed by atoms with E-state index in [1.165, 1.54) is 0 Å². The monoisotopic (exact) mass is 250 g/mol. The van der Waals surface area contributed by atoms with E-state index in [0.717, 1.165) is 11.1 Å². The molecular formula is C12H14N2O2S. The van der Waals surface area contributed by atoms with Gasteiger partial charge in [-0.3, -0.25) is 9.59 Å². The van der Waals surface area contributed by atoms with E-state index in [4.69, 9.17) is 0 Å². The molecule has 0 bridgehead atoms. The van der Waals surface area contributed by atoms with Crippen LogP contribution in [0.3, 0.4) is 0 Å². The molecule has 0 spiro atoms. The number of fused-ring (bicyclic) bond motifs is 1. The van der Waals surface area contributed by atoms with Crippen molar-refractivity contribution in [1.82, 2.24) is 10.6 Å². The molecule has 90 valence electrons. The fourth-order valence-electron chi connectivity index (χ4n) is 1.92. The van der Waals surface area contributed by atoms with Gasteiger partial charge >= 0.3 is 0 Å². The van der Waals surface area contributed by atoms with Crippen LogP contribution in [0.2, 0.25) is 0 Å². The Kier molecular flexibility index (Phi) is 3.68. The van der Waals surface area contributed by atoms with Gasteiger partial charge in [-0.1, -0.05) is 24.3 Å². The lowest BCUT2D eigenvalue weighted by Gasteiger charge is -2.19. The molecule has 0 aromatic heterocycles. The first kappa shape index (κ1) is 12.0. The SMILES string of the molecule is O=C(CS)NC1NC(=O)CCc2ccccc21. The lowest BCUT2D eigenvalue weighted by molar-refractivity contribution is -0.123. The van der Waals surface area contributed by atoms with Crippen LogP contribution in [0.15, 0.2) is 24.3 Å². The van der Waals surface area contributed by atoms with E-state index in [2.05, 4.69) is 23.3 Å². The largest absolute Gasteiger partial charge is 0.332 e. The summed E-state index contributed by atoms with van der Waals surface area (Å²) >= 11 is 3.91. The molecule has 0 radical (unpaired) electrons. The number of rotatable bonds is 2. The third-order valence-electron chi connectivity index (χ3n) is 2.74. The highest BCUT2D eigenvalue weighted by molar-refractivity contribution is 7.81. The summed E-state index contributed by atoms with van der Waals surface area (Å²) in [6.45, 7) is 0. The topological polar surface area (TPSA) is 58.2 Å². The highest BCUT2D eigenvalue weighted by atomic mass is 32.1. The van der Waals surface area contributed by atoms with E-state index in [0.29, 0.717) is 12.8 Å². The van der Waals surface area contributed by atoms with Gasteiger partial charge in [0, 0.05) is 6.42 Å². The number of thiol groups is 1. The molecule has 2 amide bonds. The normalized spacial score (nSPS) is 18.9. The fraction of sp³-hybridized carbons (Fsp3) is 0.333. The molecule has 1 heterocycles. The Morgan fingerprint density at radius 3 is 2.94 bits per heavy atom. The molecule has 0 fully saturated rings. The van der Waals surface area contributed by atoms with Crippen molar-refractivity contribution >= 4 is 24.4 Å². The van der Waals surface area contributed by atoms with Gasteiger partial charge in [0.1, 0.15) is 6.17 Å². The molecule has 1 aliphatic rings. The number of hydrogen-bond donors (Lipinski definition) is 3. The summed E-state index contributed by atoms with van der Waals surface area (Å²) in [7, 11) is 0. The summed E-state index contributed by atoms with van der Waals surface area (Å²) in [6, 6.07) is 7.74. The van der Waals surface area contributed by atoms with Crippen molar-refractivity contribution in [3.63, 3.8) is 0 Å². The van der Waals surface area contributed by atoms with Crippen molar-refractivity contribution in [3.05, 3.63) is 35.4 Å². The van der Waals surface area contributed by atoms with Crippen LogP contribution < -0.4 is 10.6 Å². The quantitative estimate of drug-likeness (QED) is 0.680. The summed E-state index contributed by atoms with van der Waals surface area (Å²) in [5.74, 6) is -0.143. The molecular weight excluding hydrogens is 236 g/mol. The molecule has 2 N–H and O–H groups in total. The third-order valence-corrected chi connectivity index (χ3v) is 3.03. The van der Waals surface area contributed by atoms with E-state index < -0.39 is 6.17 Å². The van der Waals surface area contributed by atoms with Gasteiger partial charge in [0.25, 0.3) is 0 Å². The molecule has 1 aromatic rings. The molecule has 4 nitrogen and oxygen atoms in total. The predicted octanol–water partition coefficient (Wildman–Crippen LogP) is 0.794. The number of hydrogen-bond acceptors (Lipinski definition) is 3. The van der Waals surface area contributed by atoms with Crippen molar-refractivity contribution in [2.45, 2.75) is 19.0 Å². The summed E-state index contributed by atoms with van der Waals surface area (Å²) in [6.07, 6.45) is 0.709. The van der Waals surface area contributed by atoms with E-state index in [9.17, 15) is 9.59 Å². The second-order valence-electron chi connectivity index (χ2n) is 3.92. The summed E-state index contributed by atoms with van der Waals surface area (Å²) in [5, 5.41) is 5.54. The van der Waals surface area contributed by atoms with E-state index >= 15 is 0 Å². The summed E-state index contributed by atoms with van der Waals surface area (Å²) in [5.41, 5.74) is 2.05. The Bertz CT molecular complexity index is 448. The van der Waals surface area contributed by atoms with Crippen LogP contribution in [0.5, 0.6) is 0 Å². The Balaban J connectivity index is 2.28. The van der Waals surface area contributed by atoms with Crippen LogP contribution in [0.1, 0.15) is 23.7 Å². The first-order valence-electron chi connectivity index (χ1n) is 5.48. The van der Waals surface area contributed by atoms with Crippen molar-refractivity contribution in [2.75, 3.05) is 5.75 Å². The molecule has 5 heteroatoms. The van der Waals surface area contributed by atoms with Gasteiger partial charge in [0.15, 0.2) is 0 Å². The zero-order chi connectivity index (χ0) is 12.3. The van der Waals surface area contributed by atoms with E-state index in [1.54, 1.807) is 0 Å². The number of carbonyl (C=O) groups excluding carboxylic acids is 2. The smallest absolute Gasteiger partial charge is 0.231 e. The molecule has 0 saturated carbocycles. The Morgan fingerprint density at radius 2 is 2.18 bits per heavy atom. The highest BCUT2D eigenvalue weighted by Gasteiger charge is 2.22. The number of carbonyl (C=O) groups is 2. The molecule has 0 aliphatic carbocycles. The van der Waals surface area contributed by atoms with Crippen LogP contribution in [0, 0.1) is 0 Å². The van der Waals surface area contributed by atoms with Crippen LogP contribution in [-0.2, 0) is 16.0 Å². The zero-order valence-electron chi connectivity index (χ0n) is 9.27. The molecule has 1 aliphatic heterocycles. The Labute approximate surface area is 105 Å². The zero-order valence-corrected chi connectivity index (χ0v) is 10.2. The second-order valence-corrected chi connectivity index (χ2v) is 4.24. The van der Waals surface area contributed by atoms with Gasteiger partial charge in [0.2, 0.25) is 11.8 Å². The van der Waals surface area contributed by atoms with Crippen LogP contribution in [-0.4, -0.2) is 17.6 Å². The standard InChI is InChI=1S/C12H14N2O2S/c15-10-6-5-8-3-1-2-4-9(8)12(13-10)14-11(16)7-17/h1-4,12,17H,5-7H2,(H,13,15)(H,14,16). The minimum Gasteiger partial charge on any atom is -0.332 e. The number of nitrogens with one attached hydrogen (secondary N) is 2. The van der Waals surface area contributed by atoms with Crippen molar-refractivity contribution in [1.29, 1.82) is 0 Å². The lowest BCUT2D eigenvalue weighted by atomic mass is 10.0. The molecule has 17 heavy (non-hydrogen) atoms. The van der Waals surface area contributed by atoms with Gasteiger partial charge in [0.05, 0.1) is 5.75 Å². The maximum Gasteiger partial charge on any atom is 0.231 e. The van der Waals surface area contributed by atoms with E-state index in [-0.39, 0.29) is 17.6 Å². The van der Waals surface area contributed by atoms with Crippen molar-refractivity contribution in [3.8, 4) is 0 Å². The minimum atomic E-state index is -0.444. The predicted molar refractivity (Wildman–Crippen MR) is 67.6 cm³/mol. The average Bonchev–Trinajstić information content (AvgIpc) is 2.50. The Morgan fingerprint density at radius 1 is 1.41 bits per heavy atom. The molecule has 2 rings (SSSR count). The van der Waals surface area contributed by atoms with Gasteiger partial charge in [-0.2, -0.15) is 12.6 Å². The molecule has 1 atom stereocenters. The summed E-state index contributed by atoms with van der Waals surface area (Å²) < 4.78 is 0. The first-order valence-corrected chi connectivity index (χ1v) is 6.11. The fourth-order valence-corrected chi connectivity index (χ4v) is 2.01. The molecule has 1 unspecified atom stereocenters.